The molecule has 0 saturated heterocycles. The van der Waals surface area contributed by atoms with E-state index in [4.69, 9.17) is 9.88 Å². The van der Waals surface area contributed by atoms with Crippen LogP contribution in [-0.2, 0) is 10.0 Å². The minimum atomic E-state index is -4.56. The first kappa shape index (κ1) is 26.4. The van der Waals surface area contributed by atoms with E-state index in [1.807, 2.05) is 0 Å². The number of hydrogen-bond acceptors (Lipinski definition) is 5. The Hall–Kier alpha value is -2.86. The topological polar surface area (TPSA) is 110 Å². The van der Waals surface area contributed by atoms with Gasteiger partial charge in [-0.25, -0.2) is 35.9 Å². The molecule has 0 aliphatic rings. The van der Waals surface area contributed by atoms with Crippen LogP contribution in [0.15, 0.2) is 47.4 Å². The summed E-state index contributed by atoms with van der Waals surface area (Å²) in [6.07, 6.45) is -1.54. The van der Waals surface area contributed by atoms with E-state index in [0.29, 0.717) is 13.8 Å². The second-order valence-electron chi connectivity index (χ2n) is 7.72. The predicted molar refractivity (Wildman–Crippen MR) is 114 cm³/mol. The van der Waals surface area contributed by atoms with Gasteiger partial charge in [0.2, 0.25) is 21.9 Å². The lowest BCUT2D eigenvalue weighted by Gasteiger charge is -2.30. The number of sulfonamides is 1. The monoisotopic (exact) mass is 492 g/mol. The zero-order valence-electron chi connectivity index (χ0n) is 17.9. The summed E-state index contributed by atoms with van der Waals surface area (Å²) in [6.45, 7) is 0.310. The van der Waals surface area contributed by atoms with Crippen LogP contribution in [0.25, 0.3) is 0 Å². The first-order valence-corrected chi connectivity index (χ1v) is 11.3. The average Bonchev–Trinajstić information content (AvgIpc) is 2.66. The van der Waals surface area contributed by atoms with Gasteiger partial charge in [0, 0.05) is 25.9 Å². The number of primary sulfonamides is 1. The molecule has 0 unspecified atom stereocenters. The molecule has 2 aromatic carbocycles. The summed E-state index contributed by atoms with van der Waals surface area (Å²) in [7, 11) is -4.56. The summed E-state index contributed by atoms with van der Waals surface area (Å²) >= 11 is 0. The van der Waals surface area contributed by atoms with E-state index in [-0.39, 0.29) is 11.4 Å². The molecule has 0 aliphatic carbocycles. The molecule has 0 heterocycles. The Morgan fingerprint density at radius 1 is 1.03 bits per heavy atom. The van der Waals surface area contributed by atoms with Gasteiger partial charge in [0.25, 0.3) is 0 Å². The largest absolute Gasteiger partial charge is 0.478 e. The highest BCUT2D eigenvalue weighted by Crippen LogP contribution is 2.40. The van der Waals surface area contributed by atoms with Crippen molar-refractivity contribution in [1.29, 1.82) is 0 Å². The molecule has 0 spiro atoms. The number of alkyl halides is 4. The third kappa shape index (κ3) is 8.21. The summed E-state index contributed by atoms with van der Waals surface area (Å²) in [4.78, 5) is 11.9. The lowest BCUT2D eigenvalue weighted by atomic mass is 10.1. The Morgan fingerprint density at radius 3 is 1.97 bits per heavy atom. The van der Waals surface area contributed by atoms with Crippen molar-refractivity contribution in [3.63, 3.8) is 0 Å². The Kier molecular flexibility index (Phi) is 7.96. The maximum atomic E-state index is 13.6. The summed E-state index contributed by atoms with van der Waals surface area (Å²) in [5, 5.41) is 14.7. The number of aromatic carboxylic acids is 1. The van der Waals surface area contributed by atoms with Crippen molar-refractivity contribution < 1.29 is 40.6 Å². The summed E-state index contributed by atoms with van der Waals surface area (Å²) in [5.41, 5.74) is -0.803. The molecule has 3 N–H and O–H groups in total. The zero-order valence-corrected chi connectivity index (χ0v) is 18.7. The molecule has 12 heteroatoms. The second kappa shape index (κ2) is 9.96. The average molecular weight is 492 g/mol. The third-order valence-electron chi connectivity index (χ3n) is 4.53. The number of carbonyl (C=O) groups is 1. The molecular formula is C21H24F4N2O5S. The van der Waals surface area contributed by atoms with E-state index in [9.17, 15) is 35.9 Å². The van der Waals surface area contributed by atoms with Gasteiger partial charge in [0.1, 0.15) is 10.6 Å². The Morgan fingerprint density at radius 2 is 1.55 bits per heavy atom. The summed E-state index contributed by atoms with van der Waals surface area (Å²) < 4.78 is 84.5. The molecule has 0 amide bonds. The number of halogens is 4. The highest BCUT2D eigenvalue weighted by molar-refractivity contribution is 7.89. The minimum absolute atomic E-state index is 0.133. The molecule has 33 heavy (non-hydrogen) atoms. The zero-order chi connectivity index (χ0) is 25.0. The summed E-state index contributed by atoms with van der Waals surface area (Å²) in [5.74, 6) is -8.18. The number of rotatable bonds is 11. The fourth-order valence-corrected chi connectivity index (χ4v) is 3.58. The number of carboxylic acids is 1. The van der Waals surface area contributed by atoms with E-state index >= 15 is 0 Å². The fourth-order valence-electron chi connectivity index (χ4n) is 2.88. The number of anilines is 1. The van der Waals surface area contributed by atoms with Crippen LogP contribution in [0.4, 0.5) is 23.2 Å². The van der Waals surface area contributed by atoms with Crippen molar-refractivity contribution in [3.05, 3.63) is 48.0 Å². The Bertz CT molecular complexity index is 1070. The van der Waals surface area contributed by atoms with E-state index in [1.54, 1.807) is 18.2 Å². The number of hydrogen-bond donors (Lipinski definition) is 2. The summed E-state index contributed by atoms with van der Waals surface area (Å²) in [6, 6.07) is 9.48. The number of ether oxygens (including phenoxy) is 1. The quantitative estimate of drug-likeness (QED) is 0.439. The fraction of sp³-hybridized carbons (Fsp3) is 0.381. The molecule has 0 aliphatic heterocycles. The number of para-hydroxylation sites is 1. The van der Waals surface area contributed by atoms with Gasteiger partial charge in [0.05, 0.1) is 11.3 Å². The molecule has 0 fully saturated rings. The SMILES string of the molecule is CC(F)(F)CCN(CCC(C)(F)F)c1cc(C(=O)O)cc(S(N)(=O)=O)c1Oc1ccccc1. The number of carboxylic acid groups (broad SMARTS) is 1. The van der Waals surface area contributed by atoms with Crippen LogP contribution in [0.1, 0.15) is 37.0 Å². The van der Waals surface area contributed by atoms with Gasteiger partial charge in [-0.15, -0.1) is 0 Å². The standard InChI is InChI=1S/C21H24F4N2O5S/c1-20(22,23)8-10-27(11-9-21(2,24)25)16-12-14(19(28)29)13-17(33(26,30)31)18(16)32-15-6-4-3-5-7-15/h3-7,12-13H,8-11H2,1-2H3,(H,28,29)(H2,26,30,31). The molecule has 2 rings (SSSR count). The molecule has 182 valence electrons. The molecule has 0 atom stereocenters. The van der Waals surface area contributed by atoms with Gasteiger partial charge < -0.3 is 14.7 Å². The maximum absolute atomic E-state index is 13.6. The van der Waals surface area contributed by atoms with E-state index in [1.165, 1.54) is 12.1 Å². The van der Waals surface area contributed by atoms with E-state index < -0.39 is 70.0 Å². The van der Waals surface area contributed by atoms with Crippen molar-refractivity contribution >= 4 is 21.7 Å². The molecule has 7 nitrogen and oxygen atoms in total. The van der Waals surface area contributed by atoms with Crippen molar-refractivity contribution in [2.45, 2.75) is 43.4 Å². The molecule has 0 radical (unpaired) electrons. The molecular weight excluding hydrogens is 468 g/mol. The van der Waals surface area contributed by atoms with Gasteiger partial charge in [0.15, 0.2) is 5.75 Å². The Labute approximate surface area is 188 Å². The van der Waals surface area contributed by atoms with Crippen LogP contribution >= 0.6 is 0 Å². The minimum Gasteiger partial charge on any atom is -0.478 e. The number of nitrogens with two attached hydrogens (primary N) is 1. The normalized spacial score (nSPS) is 12.5. The van der Waals surface area contributed by atoms with Gasteiger partial charge in [-0.05, 0) is 38.1 Å². The Balaban J connectivity index is 2.73. The maximum Gasteiger partial charge on any atom is 0.335 e. The molecule has 0 saturated carbocycles. The van der Waals surface area contributed by atoms with Crippen molar-refractivity contribution in [2.75, 3.05) is 18.0 Å². The van der Waals surface area contributed by atoms with Crippen molar-refractivity contribution in [2.24, 2.45) is 5.14 Å². The smallest absolute Gasteiger partial charge is 0.335 e. The van der Waals surface area contributed by atoms with E-state index in [2.05, 4.69) is 0 Å². The lowest BCUT2D eigenvalue weighted by molar-refractivity contribution is 0.0102. The van der Waals surface area contributed by atoms with Gasteiger partial charge in [-0.1, -0.05) is 18.2 Å². The van der Waals surface area contributed by atoms with Crippen molar-refractivity contribution in [1.82, 2.24) is 0 Å². The van der Waals surface area contributed by atoms with Gasteiger partial charge in [-0.2, -0.15) is 0 Å². The molecule has 0 aromatic heterocycles. The van der Waals surface area contributed by atoms with Crippen LogP contribution in [0.2, 0.25) is 0 Å². The van der Waals surface area contributed by atoms with Crippen LogP contribution in [0.3, 0.4) is 0 Å². The first-order valence-electron chi connectivity index (χ1n) is 9.74. The highest BCUT2D eigenvalue weighted by Gasteiger charge is 2.30. The van der Waals surface area contributed by atoms with Gasteiger partial charge in [-0.3, -0.25) is 0 Å². The van der Waals surface area contributed by atoms with Crippen LogP contribution in [0, 0.1) is 0 Å². The number of benzene rings is 2. The lowest BCUT2D eigenvalue weighted by Crippen LogP contribution is -2.33. The highest BCUT2D eigenvalue weighted by atomic mass is 32.2. The molecule has 0 bridgehead atoms. The third-order valence-corrected chi connectivity index (χ3v) is 5.45. The van der Waals surface area contributed by atoms with Crippen LogP contribution in [0.5, 0.6) is 11.5 Å². The van der Waals surface area contributed by atoms with Gasteiger partial charge >= 0.3 is 5.97 Å². The van der Waals surface area contributed by atoms with Crippen molar-refractivity contribution in [3.8, 4) is 11.5 Å². The molecule has 2 aromatic rings. The van der Waals surface area contributed by atoms with Crippen LogP contribution in [-0.4, -0.2) is 44.4 Å². The van der Waals surface area contributed by atoms with E-state index in [0.717, 1.165) is 17.0 Å². The predicted octanol–water partition coefficient (Wildman–Crippen LogP) is 4.72. The van der Waals surface area contributed by atoms with Crippen LogP contribution < -0.4 is 14.8 Å². The number of nitrogens with zero attached hydrogens (tertiary/aromatic N) is 1. The second-order valence-corrected chi connectivity index (χ2v) is 9.25. The first-order chi connectivity index (χ1) is 15.1.